The molecule has 1 amide bonds. The molecule has 1 saturated heterocycles. The SMILES string of the molecule is CC(C)(C)OC(=O)N1CCCC1c1nc2ccc3cc4c(cc3c2[nH]1)OCc1cc(Cl)ccc1-4. The molecule has 6 rings (SSSR count). The third kappa shape index (κ3) is 3.57. The van der Waals surface area contributed by atoms with E-state index >= 15 is 0 Å². The average Bonchev–Trinajstić information content (AvgIpc) is 3.43. The number of hydrogen-bond donors (Lipinski definition) is 1. The van der Waals surface area contributed by atoms with E-state index in [1.807, 2.05) is 39.0 Å². The minimum Gasteiger partial charge on any atom is -0.488 e. The average molecular weight is 476 g/mol. The van der Waals surface area contributed by atoms with Crippen molar-refractivity contribution in [2.45, 2.75) is 51.9 Å². The third-order valence-electron chi connectivity index (χ3n) is 6.53. The van der Waals surface area contributed by atoms with Crippen LogP contribution in [0.25, 0.3) is 32.9 Å². The molecular formula is C27H26ClN3O3. The molecule has 0 radical (unpaired) electrons. The summed E-state index contributed by atoms with van der Waals surface area (Å²) in [6, 6.07) is 14.2. The normalized spacial score (nSPS) is 17.5. The van der Waals surface area contributed by atoms with E-state index in [-0.39, 0.29) is 12.1 Å². The van der Waals surface area contributed by atoms with Gasteiger partial charge in [0.2, 0.25) is 0 Å². The predicted molar refractivity (Wildman–Crippen MR) is 133 cm³/mol. The fraction of sp³-hybridized carbons (Fsp3) is 0.333. The first-order valence-corrected chi connectivity index (χ1v) is 12.0. The van der Waals surface area contributed by atoms with Crippen molar-refractivity contribution in [2.75, 3.05) is 6.54 Å². The molecule has 0 aliphatic carbocycles. The van der Waals surface area contributed by atoms with Gasteiger partial charge < -0.3 is 14.5 Å². The van der Waals surface area contributed by atoms with Crippen molar-refractivity contribution >= 4 is 39.5 Å². The van der Waals surface area contributed by atoms with Crippen LogP contribution in [0.4, 0.5) is 4.79 Å². The maximum absolute atomic E-state index is 12.8. The number of H-pyrrole nitrogens is 1. The molecule has 6 nitrogen and oxygen atoms in total. The summed E-state index contributed by atoms with van der Waals surface area (Å²) in [5.74, 6) is 1.65. The van der Waals surface area contributed by atoms with Crippen molar-refractivity contribution in [3.63, 3.8) is 0 Å². The van der Waals surface area contributed by atoms with Gasteiger partial charge in [0, 0.05) is 22.5 Å². The van der Waals surface area contributed by atoms with E-state index in [1.54, 1.807) is 4.90 Å². The Hall–Kier alpha value is -3.25. The first kappa shape index (κ1) is 21.3. The number of nitrogens with zero attached hydrogens (tertiary/aromatic N) is 2. The molecule has 1 fully saturated rings. The molecular weight excluding hydrogens is 450 g/mol. The largest absolute Gasteiger partial charge is 0.488 e. The number of likely N-dealkylation sites (tertiary alicyclic amines) is 1. The smallest absolute Gasteiger partial charge is 0.410 e. The second kappa shape index (κ2) is 7.64. The number of ether oxygens (including phenoxy) is 2. The Balaban J connectivity index is 1.41. The van der Waals surface area contributed by atoms with Crippen LogP contribution in [0.15, 0.2) is 42.5 Å². The molecule has 3 aromatic carbocycles. The number of benzene rings is 3. The Morgan fingerprint density at radius 2 is 2.03 bits per heavy atom. The highest BCUT2D eigenvalue weighted by atomic mass is 35.5. The third-order valence-corrected chi connectivity index (χ3v) is 6.76. The number of carbonyl (C=O) groups is 1. The molecule has 2 aliphatic rings. The van der Waals surface area contributed by atoms with Gasteiger partial charge in [-0.05, 0) is 80.5 Å². The molecule has 34 heavy (non-hydrogen) atoms. The standard InChI is InChI=1S/C27H26ClN3O3/c1-27(2,3)34-26(32)31-10-4-5-22(31)25-29-21-9-6-15-12-20-18-8-7-17(28)11-16(18)14-33-23(20)13-19(15)24(21)30-25/h6-9,11-13,22H,4-5,10,14H2,1-3H3,(H,29,30). The summed E-state index contributed by atoms with van der Waals surface area (Å²) in [4.78, 5) is 23.0. The van der Waals surface area contributed by atoms with E-state index in [0.717, 1.165) is 62.9 Å². The van der Waals surface area contributed by atoms with Gasteiger partial charge in [0.1, 0.15) is 23.8 Å². The van der Waals surface area contributed by atoms with Crippen molar-refractivity contribution in [3.05, 3.63) is 58.9 Å². The number of imidazole rings is 1. The quantitative estimate of drug-likeness (QED) is 0.322. The van der Waals surface area contributed by atoms with Crippen LogP contribution in [0.2, 0.25) is 5.02 Å². The number of rotatable bonds is 1. The molecule has 4 aromatic rings. The van der Waals surface area contributed by atoms with Crippen LogP contribution in [0.5, 0.6) is 5.75 Å². The zero-order valence-electron chi connectivity index (χ0n) is 19.4. The fourth-order valence-corrected chi connectivity index (χ4v) is 5.22. The number of carbonyl (C=O) groups excluding carboxylic acids is 1. The van der Waals surface area contributed by atoms with Gasteiger partial charge in [-0.25, -0.2) is 9.78 Å². The highest BCUT2D eigenvalue weighted by molar-refractivity contribution is 6.30. The van der Waals surface area contributed by atoms with Crippen molar-refractivity contribution in [1.82, 2.24) is 14.9 Å². The van der Waals surface area contributed by atoms with Crippen LogP contribution in [0.1, 0.15) is 51.0 Å². The Bertz CT molecular complexity index is 1450. The number of aromatic nitrogens is 2. The molecule has 0 bridgehead atoms. The lowest BCUT2D eigenvalue weighted by Gasteiger charge is -2.27. The summed E-state index contributed by atoms with van der Waals surface area (Å²) < 4.78 is 11.7. The molecule has 174 valence electrons. The van der Waals surface area contributed by atoms with Crippen LogP contribution >= 0.6 is 11.6 Å². The van der Waals surface area contributed by atoms with E-state index < -0.39 is 5.60 Å². The van der Waals surface area contributed by atoms with Gasteiger partial charge in [0.05, 0.1) is 17.1 Å². The van der Waals surface area contributed by atoms with Crippen LogP contribution < -0.4 is 4.74 Å². The Morgan fingerprint density at radius 3 is 2.85 bits per heavy atom. The second-order valence-electron chi connectivity index (χ2n) is 10.1. The summed E-state index contributed by atoms with van der Waals surface area (Å²) in [7, 11) is 0. The first-order chi connectivity index (χ1) is 16.3. The molecule has 0 spiro atoms. The number of aromatic amines is 1. The number of fused-ring (bicyclic) bond motifs is 6. The van der Waals surface area contributed by atoms with E-state index in [4.69, 9.17) is 26.1 Å². The minimum absolute atomic E-state index is 0.122. The van der Waals surface area contributed by atoms with Crippen molar-refractivity contribution in [1.29, 1.82) is 0 Å². The zero-order valence-corrected chi connectivity index (χ0v) is 20.2. The van der Waals surface area contributed by atoms with Gasteiger partial charge in [-0.2, -0.15) is 0 Å². The monoisotopic (exact) mass is 475 g/mol. The van der Waals surface area contributed by atoms with Crippen LogP contribution in [0, 0.1) is 0 Å². The second-order valence-corrected chi connectivity index (χ2v) is 10.5. The van der Waals surface area contributed by atoms with Crippen molar-refractivity contribution in [2.24, 2.45) is 0 Å². The number of nitrogens with one attached hydrogen (secondary N) is 1. The number of amides is 1. The molecule has 3 heterocycles. The summed E-state index contributed by atoms with van der Waals surface area (Å²) in [5.41, 5.74) is 4.61. The minimum atomic E-state index is -0.530. The van der Waals surface area contributed by atoms with Crippen LogP contribution in [-0.4, -0.2) is 33.1 Å². The summed E-state index contributed by atoms with van der Waals surface area (Å²) in [6.07, 6.45) is 1.49. The van der Waals surface area contributed by atoms with E-state index in [0.29, 0.717) is 18.2 Å². The summed E-state index contributed by atoms with van der Waals surface area (Å²) >= 11 is 6.18. The lowest BCUT2D eigenvalue weighted by Crippen LogP contribution is -2.36. The molecule has 2 aliphatic heterocycles. The number of hydrogen-bond acceptors (Lipinski definition) is 4. The van der Waals surface area contributed by atoms with Crippen LogP contribution in [0.3, 0.4) is 0 Å². The maximum Gasteiger partial charge on any atom is 0.410 e. The van der Waals surface area contributed by atoms with Crippen molar-refractivity contribution in [3.8, 4) is 16.9 Å². The van der Waals surface area contributed by atoms with Gasteiger partial charge in [0.15, 0.2) is 0 Å². The molecule has 1 N–H and O–H groups in total. The Kier molecular flexibility index (Phi) is 4.78. The van der Waals surface area contributed by atoms with Gasteiger partial charge in [-0.3, -0.25) is 4.90 Å². The first-order valence-electron chi connectivity index (χ1n) is 11.6. The highest BCUT2D eigenvalue weighted by Crippen LogP contribution is 2.42. The lowest BCUT2D eigenvalue weighted by atomic mass is 9.94. The molecule has 1 atom stereocenters. The van der Waals surface area contributed by atoms with Crippen LogP contribution in [-0.2, 0) is 11.3 Å². The predicted octanol–water partition coefficient (Wildman–Crippen LogP) is 7.00. The summed E-state index contributed by atoms with van der Waals surface area (Å²) in [6.45, 7) is 6.82. The maximum atomic E-state index is 12.8. The zero-order chi connectivity index (χ0) is 23.6. The Morgan fingerprint density at radius 1 is 1.18 bits per heavy atom. The molecule has 7 heteroatoms. The van der Waals surface area contributed by atoms with Gasteiger partial charge in [0.25, 0.3) is 0 Å². The van der Waals surface area contributed by atoms with Gasteiger partial charge >= 0.3 is 6.09 Å². The highest BCUT2D eigenvalue weighted by Gasteiger charge is 2.35. The number of halogens is 1. The van der Waals surface area contributed by atoms with Gasteiger partial charge in [-0.15, -0.1) is 0 Å². The topological polar surface area (TPSA) is 67.5 Å². The van der Waals surface area contributed by atoms with Crippen molar-refractivity contribution < 1.29 is 14.3 Å². The summed E-state index contributed by atoms with van der Waals surface area (Å²) in [5, 5.41) is 2.86. The molecule has 1 aromatic heterocycles. The Labute approximate surface area is 202 Å². The van der Waals surface area contributed by atoms with E-state index in [2.05, 4.69) is 29.2 Å². The fourth-order valence-electron chi connectivity index (χ4n) is 5.03. The molecule has 0 saturated carbocycles. The lowest BCUT2D eigenvalue weighted by molar-refractivity contribution is 0.0219. The van der Waals surface area contributed by atoms with E-state index in [9.17, 15) is 4.79 Å². The van der Waals surface area contributed by atoms with E-state index in [1.165, 1.54) is 0 Å². The molecule has 1 unspecified atom stereocenters. The van der Waals surface area contributed by atoms with Gasteiger partial charge in [-0.1, -0.05) is 23.7 Å².